The van der Waals surface area contributed by atoms with Crippen LogP contribution in [0.2, 0.25) is 0 Å². The molecule has 0 heterocycles. The van der Waals surface area contributed by atoms with Gasteiger partial charge in [0, 0.05) is 17.2 Å². The third kappa shape index (κ3) is 5.51. The first-order chi connectivity index (χ1) is 16.7. The van der Waals surface area contributed by atoms with Gasteiger partial charge in [-0.15, -0.1) is 0 Å². The van der Waals surface area contributed by atoms with Crippen LogP contribution in [0.5, 0.6) is 5.75 Å². The summed E-state index contributed by atoms with van der Waals surface area (Å²) in [5.41, 5.74) is 7.04. The summed E-state index contributed by atoms with van der Waals surface area (Å²) in [4.78, 5) is 11.8. The normalized spacial score (nSPS) is 16.0. The first-order valence-corrected chi connectivity index (χ1v) is 12.5. The number of benzene rings is 3. The predicted molar refractivity (Wildman–Crippen MR) is 144 cm³/mol. The fourth-order valence-corrected chi connectivity index (χ4v) is 4.97. The van der Waals surface area contributed by atoms with Crippen LogP contribution < -0.4 is 4.74 Å². The monoisotopic (exact) mass is 468 g/mol. The molecule has 0 atom stereocenters. The molecule has 35 heavy (non-hydrogen) atoms. The smallest absolute Gasteiger partial charge is 0.330 e. The van der Waals surface area contributed by atoms with Crippen LogP contribution in [0.25, 0.3) is 17.2 Å². The number of esters is 1. The first kappa shape index (κ1) is 24.8. The molecule has 0 radical (unpaired) electrons. The van der Waals surface area contributed by atoms with E-state index in [4.69, 9.17) is 9.47 Å². The van der Waals surface area contributed by atoms with Crippen molar-refractivity contribution < 1.29 is 14.3 Å². The van der Waals surface area contributed by atoms with E-state index in [1.807, 2.05) is 37.3 Å². The van der Waals surface area contributed by atoms with Crippen LogP contribution in [0, 0.1) is 0 Å². The van der Waals surface area contributed by atoms with Crippen molar-refractivity contribution >= 4 is 12.0 Å². The molecule has 0 N–H and O–H groups in total. The fraction of sp³-hybridized carbons (Fsp3) is 0.344. The minimum atomic E-state index is -0.331. The zero-order chi connectivity index (χ0) is 25.1. The van der Waals surface area contributed by atoms with Crippen molar-refractivity contribution in [3.8, 4) is 16.9 Å². The third-order valence-corrected chi connectivity index (χ3v) is 7.06. The maximum atomic E-state index is 11.8. The number of hydrogen-bond donors (Lipinski definition) is 0. The van der Waals surface area contributed by atoms with Gasteiger partial charge in [-0.25, -0.2) is 4.79 Å². The Morgan fingerprint density at radius 2 is 1.66 bits per heavy atom. The molecular formula is C32H36O3. The van der Waals surface area contributed by atoms with Crippen molar-refractivity contribution in [2.75, 3.05) is 6.61 Å². The lowest BCUT2D eigenvalue weighted by Crippen LogP contribution is -2.34. The van der Waals surface area contributed by atoms with Crippen molar-refractivity contribution in [1.82, 2.24) is 0 Å². The van der Waals surface area contributed by atoms with E-state index in [1.54, 1.807) is 6.08 Å². The highest BCUT2D eigenvalue weighted by Gasteiger charge is 2.40. The average Bonchev–Trinajstić information content (AvgIpc) is 2.85. The molecule has 0 saturated carbocycles. The van der Waals surface area contributed by atoms with Crippen LogP contribution in [-0.2, 0) is 27.0 Å². The minimum absolute atomic E-state index is 0.00824. The van der Waals surface area contributed by atoms with Gasteiger partial charge in [-0.1, -0.05) is 88.4 Å². The van der Waals surface area contributed by atoms with Gasteiger partial charge < -0.3 is 9.47 Å². The lowest BCUT2D eigenvalue weighted by atomic mass is 9.62. The van der Waals surface area contributed by atoms with Crippen molar-refractivity contribution in [2.24, 2.45) is 0 Å². The molecule has 0 spiro atoms. The number of carbonyl (C=O) groups excluding carboxylic acids is 1. The molecule has 0 bridgehead atoms. The SMILES string of the molecule is CCOC(=O)/C=C/c1cccc(-c2ccc3c(c2OCc2ccccc2)C(C)(C)CCC3(C)C)c1. The zero-order valence-corrected chi connectivity index (χ0v) is 21.6. The Morgan fingerprint density at radius 3 is 2.40 bits per heavy atom. The molecule has 3 aromatic rings. The van der Waals surface area contributed by atoms with Crippen LogP contribution in [0.4, 0.5) is 0 Å². The summed E-state index contributed by atoms with van der Waals surface area (Å²) in [6.45, 7) is 12.0. The number of carbonyl (C=O) groups is 1. The Bertz CT molecular complexity index is 1220. The lowest BCUT2D eigenvalue weighted by molar-refractivity contribution is -0.137. The summed E-state index contributed by atoms with van der Waals surface area (Å²) in [6, 6.07) is 23.1. The Balaban J connectivity index is 1.81. The van der Waals surface area contributed by atoms with Crippen LogP contribution in [0.1, 0.15) is 69.7 Å². The van der Waals surface area contributed by atoms with Crippen LogP contribution >= 0.6 is 0 Å². The molecule has 182 valence electrons. The maximum Gasteiger partial charge on any atom is 0.330 e. The van der Waals surface area contributed by atoms with Gasteiger partial charge in [-0.3, -0.25) is 0 Å². The van der Waals surface area contributed by atoms with Crippen LogP contribution in [0.3, 0.4) is 0 Å². The Morgan fingerprint density at radius 1 is 0.914 bits per heavy atom. The minimum Gasteiger partial charge on any atom is -0.488 e. The number of hydrogen-bond acceptors (Lipinski definition) is 3. The van der Waals surface area contributed by atoms with Crippen molar-refractivity contribution in [2.45, 2.75) is 64.9 Å². The van der Waals surface area contributed by atoms with Gasteiger partial charge in [0.25, 0.3) is 0 Å². The molecule has 0 aromatic heterocycles. The molecule has 1 aliphatic rings. The molecule has 3 nitrogen and oxygen atoms in total. The maximum absolute atomic E-state index is 11.8. The van der Waals surface area contributed by atoms with Gasteiger partial charge in [-0.05, 0) is 65.0 Å². The summed E-state index contributed by atoms with van der Waals surface area (Å²) in [6.07, 6.45) is 5.55. The molecule has 0 aliphatic heterocycles. The Hall–Kier alpha value is -3.33. The first-order valence-electron chi connectivity index (χ1n) is 12.5. The van der Waals surface area contributed by atoms with E-state index in [2.05, 4.69) is 64.1 Å². The largest absolute Gasteiger partial charge is 0.488 e. The van der Waals surface area contributed by atoms with E-state index < -0.39 is 0 Å². The van der Waals surface area contributed by atoms with E-state index in [0.717, 1.165) is 40.8 Å². The summed E-state index contributed by atoms with van der Waals surface area (Å²) in [5.74, 6) is 0.637. The molecule has 0 unspecified atom stereocenters. The second-order valence-corrected chi connectivity index (χ2v) is 10.6. The molecule has 0 fully saturated rings. The van der Waals surface area contributed by atoms with Crippen LogP contribution in [-0.4, -0.2) is 12.6 Å². The van der Waals surface area contributed by atoms with E-state index in [0.29, 0.717) is 13.2 Å². The molecule has 1 aliphatic carbocycles. The highest BCUT2D eigenvalue weighted by molar-refractivity contribution is 5.87. The summed E-state index contributed by atoms with van der Waals surface area (Å²) >= 11 is 0. The highest BCUT2D eigenvalue weighted by atomic mass is 16.5. The second kappa shape index (κ2) is 10.1. The summed E-state index contributed by atoms with van der Waals surface area (Å²) in [5, 5.41) is 0. The predicted octanol–water partition coefficient (Wildman–Crippen LogP) is 7.86. The summed E-state index contributed by atoms with van der Waals surface area (Å²) in [7, 11) is 0. The third-order valence-electron chi connectivity index (χ3n) is 7.06. The van der Waals surface area contributed by atoms with E-state index in [1.165, 1.54) is 17.2 Å². The summed E-state index contributed by atoms with van der Waals surface area (Å²) < 4.78 is 11.7. The van der Waals surface area contributed by atoms with Gasteiger partial charge in [0.1, 0.15) is 12.4 Å². The van der Waals surface area contributed by atoms with Gasteiger partial charge in [0.2, 0.25) is 0 Å². The topological polar surface area (TPSA) is 35.5 Å². The molecule has 3 aromatic carbocycles. The van der Waals surface area contributed by atoms with E-state index in [9.17, 15) is 4.79 Å². The number of fused-ring (bicyclic) bond motifs is 1. The zero-order valence-electron chi connectivity index (χ0n) is 21.6. The Labute approximate surface area is 209 Å². The number of rotatable bonds is 7. The van der Waals surface area contributed by atoms with Gasteiger partial charge >= 0.3 is 5.97 Å². The molecule has 3 heteroatoms. The fourth-order valence-electron chi connectivity index (χ4n) is 4.97. The van der Waals surface area contributed by atoms with Gasteiger partial charge in [-0.2, -0.15) is 0 Å². The van der Waals surface area contributed by atoms with E-state index in [-0.39, 0.29) is 16.8 Å². The Kier molecular flexibility index (Phi) is 7.16. The van der Waals surface area contributed by atoms with Gasteiger partial charge in [0.05, 0.1) is 6.61 Å². The highest BCUT2D eigenvalue weighted by Crippen LogP contribution is 2.52. The molecule has 0 saturated heterocycles. The molecule has 4 rings (SSSR count). The lowest BCUT2D eigenvalue weighted by Gasteiger charge is -2.43. The van der Waals surface area contributed by atoms with Crippen molar-refractivity contribution in [3.05, 3.63) is 95.1 Å². The molecule has 0 amide bonds. The van der Waals surface area contributed by atoms with E-state index >= 15 is 0 Å². The van der Waals surface area contributed by atoms with Crippen molar-refractivity contribution in [3.63, 3.8) is 0 Å². The second-order valence-electron chi connectivity index (χ2n) is 10.6. The van der Waals surface area contributed by atoms with Gasteiger partial charge in [0.15, 0.2) is 0 Å². The molecular weight excluding hydrogens is 432 g/mol. The van der Waals surface area contributed by atoms with Crippen molar-refractivity contribution in [1.29, 1.82) is 0 Å². The quantitative estimate of drug-likeness (QED) is 0.261. The average molecular weight is 469 g/mol. The number of ether oxygens (including phenoxy) is 2. The van der Waals surface area contributed by atoms with Crippen LogP contribution in [0.15, 0.2) is 72.8 Å². The standard InChI is InChI=1S/C32H36O3/c1-6-34-28(33)18-15-23-13-10-14-25(21-23)26-16-17-27-29(32(4,5)20-19-31(27,2)3)30(26)35-22-24-11-8-7-9-12-24/h7-18,21H,6,19-20,22H2,1-5H3/b18-15+.